The molecule has 1 saturated carbocycles. The molecule has 2 atom stereocenters. The number of aromatic nitrogens is 4. The van der Waals surface area contributed by atoms with Gasteiger partial charge in [0.2, 0.25) is 0 Å². The molecule has 2 aromatic heterocycles. The SMILES string of the molecule is OCCn1cnc2c(N3CCC4C(C3)C4(F)F)ncnc21. The lowest BCUT2D eigenvalue weighted by molar-refractivity contribution is 0.0870. The summed E-state index contributed by atoms with van der Waals surface area (Å²) in [4.78, 5) is 14.6. The summed E-state index contributed by atoms with van der Waals surface area (Å²) in [5.74, 6) is -2.93. The minimum atomic E-state index is -2.52. The van der Waals surface area contributed by atoms with E-state index in [0.29, 0.717) is 43.0 Å². The quantitative estimate of drug-likeness (QED) is 0.911. The van der Waals surface area contributed by atoms with Gasteiger partial charge in [0.1, 0.15) is 6.33 Å². The summed E-state index contributed by atoms with van der Waals surface area (Å²) in [5.41, 5.74) is 1.23. The van der Waals surface area contributed by atoms with Crippen LogP contribution in [0.25, 0.3) is 11.2 Å². The highest BCUT2D eigenvalue weighted by Crippen LogP contribution is 2.59. The number of halogens is 2. The van der Waals surface area contributed by atoms with Gasteiger partial charge in [-0.2, -0.15) is 0 Å². The molecule has 4 rings (SSSR count). The Morgan fingerprint density at radius 1 is 1.29 bits per heavy atom. The molecule has 2 fully saturated rings. The molecule has 0 radical (unpaired) electrons. The Hall–Kier alpha value is -1.83. The molecule has 6 nitrogen and oxygen atoms in total. The highest BCUT2D eigenvalue weighted by atomic mass is 19.3. The van der Waals surface area contributed by atoms with Crippen LogP contribution in [0.5, 0.6) is 0 Å². The molecule has 1 saturated heterocycles. The maximum atomic E-state index is 13.5. The molecule has 0 aromatic carbocycles. The summed E-state index contributed by atoms with van der Waals surface area (Å²) in [7, 11) is 0. The van der Waals surface area contributed by atoms with E-state index in [1.807, 2.05) is 4.90 Å². The van der Waals surface area contributed by atoms with Crippen LogP contribution in [-0.2, 0) is 6.54 Å². The van der Waals surface area contributed by atoms with Crippen molar-refractivity contribution < 1.29 is 13.9 Å². The summed E-state index contributed by atoms with van der Waals surface area (Å²) in [6, 6.07) is 0. The summed E-state index contributed by atoms with van der Waals surface area (Å²) in [6.07, 6.45) is 3.50. The van der Waals surface area contributed by atoms with E-state index in [1.165, 1.54) is 6.33 Å². The number of anilines is 1. The molecule has 2 aliphatic rings. The predicted molar refractivity (Wildman–Crippen MR) is 71.2 cm³/mol. The topological polar surface area (TPSA) is 67.1 Å². The number of hydrogen-bond donors (Lipinski definition) is 1. The number of imidazole rings is 1. The van der Waals surface area contributed by atoms with Gasteiger partial charge in [-0.15, -0.1) is 0 Å². The van der Waals surface area contributed by atoms with Crippen LogP contribution >= 0.6 is 0 Å². The zero-order valence-corrected chi connectivity index (χ0v) is 11.3. The molecule has 1 aliphatic carbocycles. The Morgan fingerprint density at radius 3 is 2.90 bits per heavy atom. The number of aliphatic hydroxyl groups is 1. The third kappa shape index (κ3) is 1.81. The Bertz CT molecular complexity index is 688. The van der Waals surface area contributed by atoms with Gasteiger partial charge in [0.05, 0.1) is 12.9 Å². The molecule has 0 spiro atoms. The van der Waals surface area contributed by atoms with Gasteiger partial charge in [-0.3, -0.25) is 0 Å². The van der Waals surface area contributed by atoms with E-state index < -0.39 is 17.8 Å². The van der Waals surface area contributed by atoms with Crippen molar-refractivity contribution in [1.29, 1.82) is 0 Å². The van der Waals surface area contributed by atoms with Gasteiger partial charge in [0.25, 0.3) is 5.92 Å². The van der Waals surface area contributed by atoms with E-state index in [1.54, 1.807) is 10.9 Å². The van der Waals surface area contributed by atoms with Gasteiger partial charge in [0, 0.05) is 31.5 Å². The summed E-state index contributed by atoms with van der Waals surface area (Å²) < 4.78 is 28.7. The van der Waals surface area contributed by atoms with Crippen molar-refractivity contribution in [2.24, 2.45) is 11.8 Å². The lowest BCUT2D eigenvalue weighted by Crippen LogP contribution is -2.32. The number of rotatable bonds is 3. The van der Waals surface area contributed by atoms with Gasteiger partial charge < -0.3 is 14.6 Å². The van der Waals surface area contributed by atoms with Crippen LogP contribution in [-0.4, -0.2) is 50.2 Å². The number of fused-ring (bicyclic) bond motifs is 2. The zero-order chi connectivity index (χ0) is 14.6. The van der Waals surface area contributed by atoms with Crippen molar-refractivity contribution in [3.63, 3.8) is 0 Å². The van der Waals surface area contributed by atoms with E-state index in [0.717, 1.165) is 0 Å². The lowest BCUT2D eigenvalue weighted by atomic mass is 10.1. The smallest absolute Gasteiger partial charge is 0.256 e. The molecule has 8 heteroatoms. The fourth-order valence-corrected chi connectivity index (χ4v) is 3.29. The maximum absolute atomic E-state index is 13.5. The summed E-state index contributed by atoms with van der Waals surface area (Å²) in [6.45, 7) is 1.27. The van der Waals surface area contributed by atoms with Gasteiger partial charge in [-0.1, -0.05) is 0 Å². The average molecular weight is 295 g/mol. The molecule has 2 aromatic rings. The van der Waals surface area contributed by atoms with E-state index >= 15 is 0 Å². The second kappa shape index (κ2) is 4.33. The van der Waals surface area contributed by atoms with Crippen molar-refractivity contribution in [1.82, 2.24) is 19.5 Å². The van der Waals surface area contributed by atoms with Crippen molar-refractivity contribution >= 4 is 17.0 Å². The number of hydrogen-bond acceptors (Lipinski definition) is 5. The average Bonchev–Trinajstić information content (AvgIpc) is 2.83. The van der Waals surface area contributed by atoms with E-state index in [9.17, 15) is 8.78 Å². The normalized spacial score (nSPS) is 26.9. The highest BCUT2D eigenvalue weighted by molar-refractivity contribution is 5.83. The minimum absolute atomic E-state index is 0.00944. The lowest BCUT2D eigenvalue weighted by Gasteiger charge is -2.26. The molecular formula is C13H15F2N5O. The Morgan fingerprint density at radius 2 is 2.14 bits per heavy atom. The molecule has 1 N–H and O–H groups in total. The second-order valence-corrected chi connectivity index (χ2v) is 5.65. The fourth-order valence-electron chi connectivity index (χ4n) is 3.29. The second-order valence-electron chi connectivity index (χ2n) is 5.65. The first-order valence-corrected chi connectivity index (χ1v) is 7.02. The molecule has 21 heavy (non-hydrogen) atoms. The van der Waals surface area contributed by atoms with Crippen LogP contribution in [0.15, 0.2) is 12.7 Å². The molecule has 2 unspecified atom stereocenters. The van der Waals surface area contributed by atoms with Crippen LogP contribution in [0, 0.1) is 11.8 Å². The number of nitrogens with zero attached hydrogens (tertiary/aromatic N) is 5. The molecule has 0 amide bonds. The minimum Gasteiger partial charge on any atom is -0.395 e. The Kier molecular flexibility index (Phi) is 2.66. The van der Waals surface area contributed by atoms with Crippen molar-refractivity contribution in [3.8, 4) is 0 Å². The van der Waals surface area contributed by atoms with Crippen LogP contribution in [0.4, 0.5) is 14.6 Å². The van der Waals surface area contributed by atoms with Crippen LogP contribution in [0.1, 0.15) is 6.42 Å². The van der Waals surface area contributed by atoms with E-state index in [4.69, 9.17) is 5.11 Å². The zero-order valence-electron chi connectivity index (χ0n) is 11.3. The third-order valence-corrected chi connectivity index (χ3v) is 4.51. The van der Waals surface area contributed by atoms with Crippen molar-refractivity contribution in [3.05, 3.63) is 12.7 Å². The van der Waals surface area contributed by atoms with Crippen LogP contribution in [0.3, 0.4) is 0 Å². The summed E-state index contributed by atoms with van der Waals surface area (Å²) in [5, 5.41) is 9.03. The largest absolute Gasteiger partial charge is 0.395 e. The first-order valence-electron chi connectivity index (χ1n) is 7.02. The highest BCUT2D eigenvalue weighted by Gasteiger charge is 2.69. The van der Waals surface area contributed by atoms with Crippen molar-refractivity contribution in [2.75, 3.05) is 24.6 Å². The first kappa shape index (κ1) is 12.9. The van der Waals surface area contributed by atoms with E-state index in [-0.39, 0.29) is 6.61 Å². The van der Waals surface area contributed by atoms with Gasteiger partial charge in [0.15, 0.2) is 17.0 Å². The summed E-state index contributed by atoms with van der Waals surface area (Å²) >= 11 is 0. The molecule has 112 valence electrons. The predicted octanol–water partition coefficient (Wildman–Crippen LogP) is 0.910. The maximum Gasteiger partial charge on any atom is 0.256 e. The van der Waals surface area contributed by atoms with Crippen LogP contribution in [0.2, 0.25) is 0 Å². The number of alkyl halides is 2. The van der Waals surface area contributed by atoms with Gasteiger partial charge >= 0.3 is 0 Å². The standard InChI is InChI=1S/C13H15F2N5O/c14-13(15)8-1-2-19(5-9(8)13)11-10-12(17-6-16-11)20(3-4-21)7-18-10/h6-9,21H,1-5H2. The molecule has 3 heterocycles. The molecule has 1 aliphatic heterocycles. The molecular weight excluding hydrogens is 280 g/mol. The molecule has 0 bridgehead atoms. The monoisotopic (exact) mass is 295 g/mol. The number of piperidine rings is 1. The van der Waals surface area contributed by atoms with Crippen molar-refractivity contribution in [2.45, 2.75) is 18.9 Å². The fraction of sp³-hybridized carbons (Fsp3) is 0.615. The first-order chi connectivity index (χ1) is 10.1. The van der Waals surface area contributed by atoms with Crippen LogP contribution < -0.4 is 4.90 Å². The van der Waals surface area contributed by atoms with E-state index in [2.05, 4.69) is 15.0 Å². The Balaban J connectivity index is 1.68. The van der Waals surface area contributed by atoms with Gasteiger partial charge in [-0.25, -0.2) is 23.7 Å². The third-order valence-electron chi connectivity index (χ3n) is 4.51. The number of aliphatic hydroxyl groups excluding tert-OH is 1. The van der Waals surface area contributed by atoms with Gasteiger partial charge in [-0.05, 0) is 6.42 Å². The Labute approximate surface area is 119 Å².